The molecule has 1 fully saturated rings. The van der Waals surface area contributed by atoms with E-state index in [4.69, 9.17) is 0 Å². The molecule has 1 N–H and O–H groups in total. The maximum absolute atomic E-state index is 9.29. The first-order valence-electron chi connectivity index (χ1n) is 7.11. The van der Waals surface area contributed by atoms with Crippen molar-refractivity contribution in [2.24, 2.45) is 5.92 Å². The fourth-order valence-corrected chi connectivity index (χ4v) is 3.03. The van der Waals surface area contributed by atoms with Gasteiger partial charge in [0.15, 0.2) is 0 Å². The maximum Gasteiger partial charge on any atom is 0.0446 e. The molecule has 19 heavy (non-hydrogen) atoms. The molecule has 1 aromatic heterocycles. The molecular formula is C15H25N3O. The van der Waals surface area contributed by atoms with Gasteiger partial charge in [-0.15, -0.1) is 0 Å². The molecule has 2 unspecified atom stereocenters. The third kappa shape index (κ3) is 4.27. The van der Waals surface area contributed by atoms with E-state index in [-0.39, 0.29) is 6.61 Å². The summed E-state index contributed by atoms with van der Waals surface area (Å²) >= 11 is 0. The van der Waals surface area contributed by atoms with Crippen LogP contribution < -0.4 is 0 Å². The van der Waals surface area contributed by atoms with E-state index in [0.29, 0.717) is 12.0 Å². The molecule has 0 aromatic carbocycles. The average molecular weight is 263 g/mol. The van der Waals surface area contributed by atoms with Crippen LogP contribution in [0.3, 0.4) is 0 Å². The number of hydrogen-bond donors (Lipinski definition) is 1. The predicted octanol–water partition coefficient (Wildman–Crippen LogP) is 1.22. The molecule has 0 aliphatic carbocycles. The Kier molecular flexibility index (Phi) is 5.31. The highest BCUT2D eigenvalue weighted by atomic mass is 16.3. The summed E-state index contributed by atoms with van der Waals surface area (Å²) in [5, 5.41) is 9.29. The Morgan fingerprint density at radius 3 is 2.68 bits per heavy atom. The Bertz CT molecular complexity index is 371. The van der Waals surface area contributed by atoms with Crippen molar-refractivity contribution in [3.05, 3.63) is 30.1 Å². The first-order valence-corrected chi connectivity index (χ1v) is 7.11. The zero-order chi connectivity index (χ0) is 13.7. The third-order valence-corrected chi connectivity index (χ3v) is 3.81. The number of pyridine rings is 1. The molecule has 2 heterocycles. The van der Waals surface area contributed by atoms with Crippen LogP contribution in [0.2, 0.25) is 0 Å². The van der Waals surface area contributed by atoms with E-state index in [2.05, 4.69) is 40.9 Å². The van der Waals surface area contributed by atoms with Crippen LogP contribution in [0.15, 0.2) is 24.5 Å². The topological polar surface area (TPSA) is 39.6 Å². The molecule has 2 rings (SSSR count). The first-order chi connectivity index (χ1) is 9.19. The van der Waals surface area contributed by atoms with Gasteiger partial charge in [-0.25, -0.2) is 0 Å². The number of likely N-dealkylation sites (N-methyl/N-ethyl adjacent to an activating group) is 1. The van der Waals surface area contributed by atoms with E-state index in [1.165, 1.54) is 5.56 Å². The lowest BCUT2D eigenvalue weighted by atomic mass is 10.1. The minimum atomic E-state index is 0.264. The minimum Gasteiger partial charge on any atom is -0.396 e. The number of nitrogens with zero attached hydrogens (tertiary/aromatic N) is 3. The quantitative estimate of drug-likeness (QED) is 0.886. The van der Waals surface area contributed by atoms with E-state index in [9.17, 15) is 5.11 Å². The molecule has 1 aliphatic rings. The summed E-state index contributed by atoms with van der Waals surface area (Å²) in [6.07, 6.45) is 4.55. The average Bonchev–Trinajstić information content (AvgIpc) is 2.50. The molecule has 2 atom stereocenters. The predicted molar refractivity (Wildman–Crippen MR) is 76.8 cm³/mol. The van der Waals surface area contributed by atoms with Crippen LogP contribution in [0.5, 0.6) is 0 Å². The summed E-state index contributed by atoms with van der Waals surface area (Å²) < 4.78 is 0. The zero-order valence-corrected chi connectivity index (χ0v) is 12.0. The summed E-state index contributed by atoms with van der Waals surface area (Å²) in [5.74, 6) is 0.663. The SMILES string of the molecule is CC1CN(C)CC(CCO)N(Cc2ccncc2)C1. The van der Waals surface area contributed by atoms with E-state index >= 15 is 0 Å². The van der Waals surface area contributed by atoms with Crippen molar-refractivity contribution in [2.45, 2.75) is 25.9 Å². The van der Waals surface area contributed by atoms with Gasteiger partial charge in [0, 0.05) is 51.2 Å². The highest BCUT2D eigenvalue weighted by Crippen LogP contribution is 2.18. The highest BCUT2D eigenvalue weighted by molar-refractivity contribution is 5.09. The standard InChI is InChI=1S/C15H25N3O/c1-13-9-17(2)12-15(5-8-19)18(10-13)11-14-3-6-16-7-4-14/h3-4,6-7,13,15,19H,5,8-12H2,1-2H3. The molecule has 4 nitrogen and oxygen atoms in total. The number of aromatic nitrogens is 1. The van der Waals surface area contributed by atoms with E-state index < -0.39 is 0 Å². The Balaban J connectivity index is 2.08. The fourth-order valence-electron chi connectivity index (χ4n) is 3.03. The summed E-state index contributed by atoms with van der Waals surface area (Å²) in [6, 6.07) is 4.60. The van der Waals surface area contributed by atoms with Crippen molar-refractivity contribution >= 4 is 0 Å². The van der Waals surface area contributed by atoms with Crippen LogP contribution in [0, 0.1) is 5.92 Å². The maximum atomic E-state index is 9.29. The summed E-state index contributed by atoms with van der Waals surface area (Å²) in [6.45, 7) is 6.78. The fraction of sp³-hybridized carbons (Fsp3) is 0.667. The first kappa shape index (κ1) is 14.4. The van der Waals surface area contributed by atoms with E-state index in [1.54, 1.807) is 0 Å². The summed E-state index contributed by atoms with van der Waals surface area (Å²) in [4.78, 5) is 8.97. The van der Waals surface area contributed by atoms with Crippen LogP contribution in [-0.2, 0) is 6.54 Å². The molecule has 0 amide bonds. The minimum absolute atomic E-state index is 0.264. The number of aliphatic hydroxyl groups excluding tert-OH is 1. The van der Waals surface area contributed by atoms with Gasteiger partial charge in [-0.2, -0.15) is 0 Å². The normalized spacial score (nSPS) is 26.3. The van der Waals surface area contributed by atoms with Gasteiger partial charge in [-0.05, 0) is 37.1 Å². The van der Waals surface area contributed by atoms with Crippen molar-refractivity contribution in [3.8, 4) is 0 Å². The second-order valence-corrected chi connectivity index (χ2v) is 5.78. The van der Waals surface area contributed by atoms with Crippen molar-refractivity contribution in [2.75, 3.05) is 33.3 Å². The van der Waals surface area contributed by atoms with Gasteiger partial charge in [0.25, 0.3) is 0 Å². The molecule has 106 valence electrons. The zero-order valence-electron chi connectivity index (χ0n) is 12.0. The lowest BCUT2D eigenvalue weighted by molar-refractivity contribution is 0.139. The van der Waals surface area contributed by atoms with Gasteiger partial charge in [0.05, 0.1) is 0 Å². The molecule has 4 heteroatoms. The molecular weight excluding hydrogens is 238 g/mol. The van der Waals surface area contributed by atoms with Crippen LogP contribution in [-0.4, -0.2) is 59.2 Å². The summed E-state index contributed by atoms with van der Waals surface area (Å²) in [7, 11) is 2.18. The smallest absolute Gasteiger partial charge is 0.0446 e. The number of hydrogen-bond acceptors (Lipinski definition) is 4. The molecule has 0 radical (unpaired) electrons. The lowest BCUT2D eigenvalue weighted by Crippen LogP contribution is -2.40. The van der Waals surface area contributed by atoms with Crippen molar-refractivity contribution < 1.29 is 5.11 Å². The Morgan fingerprint density at radius 1 is 1.26 bits per heavy atom. The third-order valence-electron chi connectivity index (χ3n) is 3.81. The monoisotopic (exact) mass is 263 g/mol. The van der Waals surface area contributed by atoms with E-state index in [1.807, 2.05) is 12.4 Å². The number of rotatable bonds is 4. The van der Waals surface area contributed by atoms with Crippen molar-refractivity contribution in [1.82, 2.24) is 14.8 Å². The van der Waals surface area contributed by atoms with Gasteiger partial charge in [0.1, 0.15) is 0 Å². The van der Waals surface area contributed by atoms with Crippen molar-refractivity contribution in [1.29, 1.82) is 0 Å². The van der Waals surface area contributed by atoms with Crippen LogP contribution in [0.25, 0.3) is 0 Å². The van der Waals surface area contributed by atoms with Gasteiger partial charge in [-0.3, -0.25) is 9.88 Å². The van der Waals surface area contributed by atoms with E-state index in [0.717, 1.165) is 32.6 Å². The summed E-state index contributed by atoms with van der Waals surface area (Å²) in [5.41, 5.74) is 1.30. The number of aliphatic hydroxyl groups is 1. The second kappa shape index (κ2) is 6.98. The van der Waals surface area contributed by atoms with Crippen LogP contribution in [0.4, 0.5) is 0 Å². The highest BCUT2D eigenvalue weighted by Gasteiger charge is 2.26. The molecule has 0 spiro atoms. The second-order valence-electron chi connectivity index (χ2n) is 5.78. The molecule has 0 saturated carbocycles. The van der Waals surface area contributed by atoms with Gasteiger partial charge < -0.3 is 10.0 Å². The van der Waals surface area contributed by atoms with Gasteiger partial charge in [0.2, 0.25) is 0 Å². The van der Waals surface area contributed by atoms with Gasteiger partial charge >= 0.3 is 0 Å². The largest absolute Gasteiger partial charge is 0.396 e. The molecule has 1 aromatic rings. The van der Waals surface area contributed by atoms with Crippen LogP contribution in [0.1, 0.15) is 18.9 Å². The van der Waals surface area contributed by atoms with Crippen molar-refractivity contribution in [3.63, 3.8) is 0 Å². The molecule has 1 saturated heterocycles. The molecule has 0 bridgehead atoms. The van der Waals surface area contributed by atoms with Crippen LogP contribution >= 0.6 is 0 Å². The molecule has 1 aliphatic heterocycles. The Morgan fingerprint density at radius 2 is 2.00 bits per heavy atom. The Labute approximate surface area is 116 Å². The lowest BCUT2D eigenvalue weighted by Gasteiger charge is -2.31. The van der Waals surface area contributed by atoms with Gasteiger partial charge in [-0.1, -0.05) is 6.92 Å². The Hall–Kier alpha value is -0.970.